The molecule has 0 atom stereocenters. The van der Waals surface area contributed by atoms with Crippen molar-refractivity contribution in [2.75, 3.05) is 44.6 Å². The van der Waals surface area contributed by atoms with Crippen LogP contribution in [-0.2, 0) is 0 Å². The van der Waals surface area contributed by atoms with Gasteiger partial charge in [-0.3, -0.25) is 9.88 Å². The Kier molecular flexibility index (Phi) is 3.52. The van der Waals surface area contributed by atoms with Gasteiger partial charge < -0.3 is 15.1 Å². The number of H-pyrrole nitrogens is 1. The van der Waals surface area contributed by atoms with Crippen molar-refractivity contribution in [2.45, 2.75) is 0 Å². The van der Waals surface area contributed by atoms with Crippen molar-refractivity contribution in [3.05, 3.63) is 28.7 Å². The Bertz CT molecular complexity index is 598. The minimum Gasteiger partial charge on any atom is -0.408 e. The Balaban J connectivity index is 1.57. The smallest absolute Gasteiger partial charge is 0.408 e. The number of rotatable bonds is 4. The highest BCUT2D eigenvalue weighted by atomic mass is 16.4. The van der Waals surface area contributed by atoms with E-state index in [0.717, 1.165) is 50.5 Å². The van der Waals surface area contributed by atoms with Gasteiger partial charge >= 0.3 is 5.76 Å². The number of nitrogens with zero attached hydrogens (tertiary/aromatic N) is 1. The first kappa shape index (κ1) is 12.3. The van der Waals surface area contributed by atoms with Crippen molar-refractivity contribution in [3.8, 4) is 0 Å². The van der Waals surface area contributed by atoms with Gasteiger partial charge in [-0.05, 0) is 12.1 Å². The molecule has 1 aromatic heterocycles. The van der Waals surface area contributed by atoms with Crippen LogP contribution in [0.5, 0.6) is 0 Å². The second-order valence-electron chi connectivity index (χ2n) is 4.74. The Hall–Kier alpha value is -1.79. The molecule has 0 radical (unpaired) electrons. The summed E-state index contributed by atoms with van der Waals surface area (Å²) < 4.78 is 5.04. The molecule has 1 fully saturated rings. The number of fused-ring (bicyclic) bond motifs is 1. The summed E-state index contributed by atoms with van der Waals surface area (Å²) in [4.78, 5) is 16.1. The molecule has 2 aromatic rings. The lowest BCUT2D eigenvalue weighted by Crippen LogP contribution is -2.45. The van der Waals surface area contributed by atoms with E-state index in [9.17, 15) is 4.79 Å². The van der Waals surface area contributed by atoms with Crippen molar-refractivity contribution >= 4 is 16.8 Å². The summed E-state index contributed by atoms with van der Waals surface area (Å²) >= 11 is 0. The van der Waals surface area contributed by atoms with Crippen LogP contribution in [0.3, 0.4) is 0 Å². The molecule has 0 bridgehead atoms. The van der Waals surface area contributed by atoms with Crippen LogP contribution in [0.25, 0.3) is 11.1 Å². The van der Waals surface area contributed by atoms with E-state index >= 15 is 0 Å². The zero-order valence-corrected chi connectivity index (χ0v) is 10.7. The lowest BCUT2D eigenvalue weighted by molar-refractivity contribution is 0.249. The van der Waals surface area contributed by atoms with Crippen LogP contribution in [0.1, 0.15) is 0 Å². The Morgan fingerprint density at radius 3 is 3.00 bits per heavy atom. The predicted molar refractivity (Wildman–Crippen MR) is 74.6 cm³/mol. The van der Waals surface area contributed by atoms with Crippen LogP contribution in [0.15, 0.2) is 27.4 Å². The normalized spacial score (nSPS) is 16.8. The summed E-state index contributed by atoms with van der Waals surface area (Å²) in [6, 6.07) is 5.66. The third kappa shape index (κ3) is 2.97. The van der Waals surface area contributed by atoms with E-state index in [4.69, 9.17) is 4.42 Å². The number of anilines is 1. The van der Waals surface area contributed by atoms with Gasteiger partial charge in [0, 0.05) is 51.0 Å². The second kappa shape index (κ2) is 5.46. The van der Waals surface area contributed by atoms with Gasteiger partial charge in [-0.1, -0.05) is 0 Å². The molecule has 1 saturated heterocycles. The van der Waals surface area contributed by atoms with Crippen molar-refractivity contribution < 1.29 is 4.42 Å². The average molecular weight is 262 g/mol. The van der Waals surface area contributed by atoms with Gasteiger partial charge in [-0.15, -0.1) is 0 Å². The van der Waals surface area contributed by atoms with Crippen LogP contribution in [0, 0.1) is 0 Å². The number of benzene rings is 1. The minimum atomic E-state index is -0.409. The first-order chi connectivity index (χ1) is 9.31. The van der Waals surface area contributed by atoms with Crippen molar-refractivity contribution in [3.63, 3.8) is 0 Å². The maximum absolute atomic E-state index is 11.1. The molecule has 0 saturated carbocycles. The van der Waals surface area contributed by atoms with Crippen molar-refractivity contribution in [1.29, 1.82) is 0 Å². The van der Waals surface area contributed by atoms with Crippen LogP contribution >= 0.6 is 0 Å². The van der Waals surface area contributed by atoms with Gasteiger partial charge in [-0.2, -0.15) is 0 Å². The summed E-state index contributed by atoms with van der Waals surface area (Å²) in [5.41, 5.74) is 2.31. The van der Waals surface area contributed by atoms with E-state index in [1.165, 1.54) is 0 Å². The molecule has 0 unspecified atom stereocenters. The highest BCUT2D eigenvalue weighted by molar-refractivity contribution is 5.76. The lowest BCUT2D eigenvalue weighted by atomic mass is 10.3. The number of piperazine rings is 1. The zero-order valence-electron chi connectivity index (χ0n) is 10.7. The van der Waals surface area contributed by atoms with Crippen LogP contribution in [-0.4, -0.2) is 49.2 Å². The van der Waals surface area contributed by atoms with E-state index in [1.54, 1.807) is 0 Å². The fourth-order valence-electron chi connectivity index (χ4n) is 2.35. The molecule has 19 heavy (non-hydrogen) atoms. The summed E-state index contributed by atoms with van der Waals surface area (Å²) in [5.74, 6) is -0.409. The Morgan fingerprint density at radius 1 is 1.32 bits per heavy atom. The number of aromatic nitrogens is 1. The molecule has 0 amide bonds. The first-order valence-electron chi connectivity index (χ1n) is 6.61. The quantitative estimate of drug-likeness (QED) is 0.745. The summed E-state index contributed by atoms with van der Waals surface area (Å²) in [5, 5.41) is 6.69. The van der Waals surface area contributed by atoms with Crippen LogP contribution in [0.2, 0.25) is 0 Å². The first-order valence-corrected chi connectivity index (χ1v) is 6.61. The number of oxazole rings is 1. The fourth-order valence-corrected chi connectivity index (χ4v) is 2.35. The SMILES string of the molecule is O=c1[nH]c2ccc(NCCN3CCNCC3)cc2o1. The molecular formula is C13H18N4O2. The second-order valence-corrected chi connectivity index (χ2v) is 4.74. The third-order valence-electron chi connectivity index (χ3n) is 3.39. The van der Waals surface area contributed by atoms with E-state index in [-0.39, 0.29) is 0 Å². The topological polar surface area (TPSA) is 73.3 Å². The molecule has 6 nitrogen and oxygen atoms in total. The Labute approximate surface area is 110 Å². The maximum atomic E-state index is 11.1. The molecule has 102 valence electrons. The minimum absolute atomic E-state index is 0.409. The monoisotopic (exact) mass is 262 g/mol. The number of aromatic amines is 1. The van der Waals surface area contributed by atoms with E-state index in [0.29, 0.717) is 5.58 Å². The molecule has 3 rings (SSSR count). The molecule has 2 heterocycles. The molecule has 6 heteroatoms. The van der Waals surface area contributed by atoms with Gasteiger partial charge in [0.1, 0.15) is 0 Å². The summed E-state index contributed by atoms with van der Waals surface area (Å²) in [6.45, 7) is 6.26. The number of nitrogens with one attached hydrogen (secondary N) is 3. The fraction of sp³-hybridized carbons (Fsp3) is 0.462. The molecule has 1 aliphatic heterocycles. The third-order valence-corrected chi connectivity index (χ3v) is 3.39. The Morgan fingerprint density at radius 2 is 2.16 bits per heavy atom. The van der Waals surface area contributed by atoms with E-state index < -0.39 is 5.76 Å². The van der Waals surface area contributed by atoms with Gasteiger partial charge in [0.2, 0.25) is 0 Å². The predicted octanol–water partition coefficient (Wildman–Crippen LogP) is 0.438. The van der Waals surface area contributed by atoms with E-state index in [2.05, 4.69) is 20.5 Å². The standard InChI is InChI=1S/C13H18N4O2/c18-13-16-11-2-1-10(9-12(11)19-13)15-5-8-17-6-3-14-4-7-17/h1-2,9,14-15H,3-8H2,(H,16,18). The highest BCUT2D eigenvalue weighted by Gasteiger charge is 2.08. The van der Waals surface area contributed by atoms with E-state index in [1.807, 2.05) is 18.2 Å². The van der Waals surface area contributed by atoms with Gasteiger partial charge in [-0.25, -0.2) is 4.79 Å². The lowest BCUT2D eigenvalue weighted by Gasteiger charge is -2.27. The molecule has 0 aliphatic carbocycles. The summed E-state index contributed by atoms with van der Waals surface area (Å²) in [7, 11) is 0. The number of hydrogen-bond acceptors (Lipinski definition) is 5. The average Bonchev–Trinajstić information content (AvgIpc) is 2.79. The molecule has 1 aromatic carbocycles. The highest BCUT2D eigenvalue weighted by Crippen LogP contribution is 2.15. The maximum Gasteiger partial charge on any atom is 0.417 e. The number of hydrogen-bond donors (Lipinski definition) is 3. The molecule has 3 N–H and O–H groups in total. The van der Waals surface area contributed by atoms with Crippen molar-refractivity contribution in [2.24, 2.45) is 0 Å². The molecular weight excluding hydrogens is 244 g/mol. The van der Waals surface area contributed by atoms with Gasteiger partial charge in [0.25, 0.3) is 0 Å². The molecule has 0 spiro atoms. The largest absolute Gasteiger partial charge is 0.417 e. The van der Waals surface area contributed by atoms with Crippen LogP contribution < -0.4 is 16.4 Å². The van der Waals surface area contributed by atoms with Gasteiger partial charge in [0.15, 0.2) is 5.58 Å². The van der Waals surface area contributed by atoms with Gasteiger partial charge in [0.05, 0.1) is 5.52 Å². The molecule has 1 aliphatic rings. The van der Waals surface area contributed by atoms with Crippen LogP contribution in [0.4, 0.5) is 5.69 Å². The summed E-state index contributed by atoms with van der Waals surface area (Å²) in [6.07, 6.45) is 0. The van der Waals surface area contributed by atoms with Crippen molar-refractivity contribution in [1.82, 2.24) is 15.2 Å². The zero-order chi connectivity index (χ0) is 13.1.